The molecular weight excluding hydrogens is 128 g/mol. The van der Waals surface area contributed by atoms with E-state index in [1.54, 1.807) is 0 Å². The van der Waals surface area contributed by atoms with Crippen LogP contribution in [0.4, 0.5) is 11.5 Å². The molecular formula is C3H5ClN4. The minimum atomic E-state index is 0.245. The zero-order valence-electron chi connectivity index (χ0n) is 3.98. The maximum Gasteiger partial charge on any atom is 0.170 e. The number of aromatic nitrogens is 2. The Morgan fingerprint density at radius 2 is 2.12 bits per heavy atom. The Morgan fingerprint density at radius 1 is 1.50 bits per heavy atom. The van der Waals surface area contributed by atoms with Gasteiger partial charge in [-0.1, -0.05) is 11.6 Å². The molecule has 0 unspecified atom stereocenters. The molecule has 1 rings (SSSR count). The number of rotatable bonds is 0. The molecule has 1 heterocycles. The molecule has 0 aliphatic carbocycles. The summed E-state index contributed by atoms with van der Waals surface area (Å²) >= 11 is 5.41. The molecule has 0 aromatic carbocycles. The maximum atomic E-state index is 5.41. The molecule has 0 amide bonds. The molecule has 0 radical (unpaired) electrons. The van der Waals surface area contributed by atoms with Crippen LogP contribution < -0.4 is 11.5 Å². The van der Waals surface area contributed by atoms with Gasteiger partial charge in [-0.15, -0.1) is 0 Å². The fourth-order valence-corrected chi connectivity index (χ4v) is 0.481. The monoisotopic (exact) mass is 132 g/mol. The minimum absolute atomic E-state index is 0.245. The van der Waals surface area contributed by atoms with Crippen molar-refractivity contribution >= 4 is 23.1 Å². The molecule has 0 saturated carbocycles. The van der Waals surface area contributed by atoms with Crippen molar-refractivity contribution in [3.05, 3.63) is 5.15 Å². The van der Waals surface area contributed by atoms with Crippen LogP contribution >= 0.6 is 11.6 Å². The molecule has 4 nitrogen and oxygen atoms in total. The van der Waals surface area contributed by atoms with Gasteiger partial charge in [-0.05, 0) is 0 Å². The van der Waals surface area contributed by atoms with Crippen LogP contribution in [0.5, 0.6) is 0 Å². The lowest BCUT2D eigenvalue weighted by atomic mass is 10.5. The quantitative estimate of drug-likeness (QED) is 0.473. The van der Waals surface area contributed by atoms with Gasteiger partial charge in [0.05, 0.1) is 0 Å². The van der Waals surface area contributed by atoms with E-state index in [1.165, 1.54) is 0 Å². The number of hydrogen-bond donors (Lipinski definition) is 3. The lowest BCUT2D eigenvalue weighted by molar-refractivity contribution is 1.10. The standard InChI is InChI=1S/C3H5ClN4/c4-2-1(5)3(6)8-7-2/h5H2,(H3,6,7,8). The van der Waals surface area contributed by atoms with Gasteiger partial charge in [0.2, 0.25) is 0 Å². The Labute approximate surface area is 50.8 Å². The van der Waals surface area contributed by atoms with E-state index in [-0.39, 0.29) is 5.82 Å². The second-order valence-electron chi connectivity index (χ2n) is 1.34. The highest BCUT2D eigenvalue weighted by molar-refractivity contribution is 6.32. The van der Waals surface area contributed by atoms with Gasteiger partial charge in [0, 0.05) is 0 Å². The molecule has 0 saturated heterocycles. The first-order chi connectivity index (χ1) is 3.72. The summed E-state index contributed by atoms with van der Waals surface area (Å²) < 4.78 is 0. The third-order valence-electron chi connectivity index (χ3n) is 0.787. The SMILES string of the molecule is Nc1n[nH]c(Cl)c1N. The van der Waals surface area contributed by atoms with Crippen molar-refractivity contribution in [3.63, 3.8) is 0 Å². The molecule has 0 atom stereocenters. The number of H-pyrrole nitrogens is 1. The van der Waals surface area contributed by atoms with E-state index in [2.05, 4.69) is 10.2 Å². The second-order valence-corrected chi connectivity index (χ2v) is 1.71. The van der Waals surface area contributed by atoms with Gasteiger partial charge in [0.15, 0.2) is 5.82 Å². The highest BCUT2D eigenvalue weighted by Crippen LogP contribution is 2.19. The number of nitrogens with zero attached hydrogens (tertiary/aromatic N) is 1. The van der Waals surface area contributed by atoms with Gasteiger partial charge in [-0.3, -0.25) is 5.10 Å². The smallest absolute Gasteiger partial charge is 0.170 e. The molecule has 0 aliphatic rings. The largest absolute Gasteiger partial charge is 0.393 e. The number of hydrogen-bond acceptors (Lipinski definition) is 3. The minimum Gasteiger partial charge on any atom is -0.393 e. The number of nitrogens with two attached hydrogens (primary N) is 2. The Hall–Kier alpha value is -0.900. The summed E-state index contributed by atoms with van der Waals surface area (Å²) in [6, 6.07) is 0. The van der Waals surface area contributed by atoms with Crippen molar-refractivity contribution in [1.82, 2.24) is 10.2 Å². The number of anilines is 2. The van der Waals surface area contributed by atoms with Gasteiger partial charge < -0.3 is 11.5 Å². The average Bonchev–Trinajstić information content (AvgIpc) is 1.98. The fraction of sp³-hybridized carbons (Fsp3) is 0. The van der Waals surface area contributed by atoms with E-state index in [0.717, 1.165) is 0 Å². The Balaban J connectivity index is 3.19. The topological polar surface area (TPSA) is 80.7 Å². The lowest BCUT2D eigenvalue weighted by Crippen LogP contribution is -1.90. The molecule has 0 bridgehead atoms. The molecule has 1 aromatic rings. The summed E-state index contributed by atoms with van der Waals surface area (Å²) in [5, 5.41) is 6.21. The normalized spacial score (nSPS) is 9.62. The number of halogens is 1. The van der Waals surface area contributed by atoms with Gasteiger partial charge in [0.25, 0.3) is 0 Å². The molecule has 8 heavy (non-hydrogen) atoms. The first-order valence-electron chi connectivity index (χ1n) is 1.96. The van der Waals surface area contributed by atoms with E-state index in [9.17, 15) is 0 Å². The summed E-state index contributed by atoms with van der Waals surface area (Å²) in [5.41, 5.74) is 10.8. The molecule has 0 fully saturated rings. The molecule has 5 N–H and O–H groups in total. The zero-order valence-corrected chi connectivity index (χ0v) is 4.74. The van der Waals surface area contributed by atoms with Crippen molar-refractivity contribution in [2.75, 3.05) is 11.5 Å². The van der Waals surface area contributed by atoms with Crippen molar-refractivity contribution in [3.8, 4) is 0 Å². The van der Waals surface area contributed by atoms with Gasteiger partial charge >= 0.3 is 0 Å². The van der Waals surface area contributed by atoms with Crippen molar-refractivity contribution in [2.45, 2.75) is 0 Å². The van der Waals surface area contributed by atoms with Crippen molar-refractivity contribution in [1.29, 1.82) is 0 Å². The summed E-state index contributed by atoms with van der Waals surface area (Å²) in [5.74, 6) is 0.245. The van der Waals surface area contributed by atoms with E-state index < -0.39 is 0 Å². The summed E-state index contributed by atoms with van der Waals surface area (Å²) in [6.07, 6.45) is 0. The maximum absolute atomic E-state index is 5.41. The van der Waals surface area contributed by atoms with E-state index >= 15 is 0 Å². The number of aromatic amines is 1. The first-order valence-corrected chi connectivity index (χ1v) is 2.34. The van der Waals surface area contributed by atoms with Crippen LogP contribution in [-0.2, 0) is 0 Å². The van der Waals surface area contributed by atoms with Gasteiger partial charge in [-0.25, -0.2) is 0 Å². The number of nitrogen functional groups attached to an aromatic ring is 2. The van der Waals surface area contributed by atoms with Crippen LogP contribution in [0.25, 0.3) is 0 Å². The van der Waals surface area contributed by atoms with Crippen LogP contribution in [0, 0.1) is 0 Å². The summed E-state index contributed by atoms with van der Waals surface area (Å²) in [6.45, 7) is 0. The van der Waals surface area contributed by atoms with Gasteiger partial charge in [0.1, 0.15) is 10.8 Å². The fourth-order valence-electron chi connectivity index (χ4n) is 0.342. The van der Waals surface area contributed by atoms with Gasteiger partial charge in [-0.2, -0.15) is 5.10 Å². The second kappa shape index (κ2) is 1.56. The van der Waals surface area contributed by atoms with Crippen LogP contribution in [-0.4, -0.2) is 10.2 Å². The van der Waals surface area contributed by atoms with E-state index in [4.69, 9.17) is 23.1 Å². The molecule has 0 aliphatic heterocycles. The molecule has 0 spiro atoms. The molecule has 44 valence electrons. The predicted octanol–water partition coefficient (Wildman–Crippen LogP) is 0.228. The highest BCUT2D eigenvalue weighted by atomic mass is 35.5. The lowest BCUT2D eigenvalue weighted by Gasteiger charge is -1.82. The Bertz CT molecular complexity index is 174. The zero-order chi connectivity index (χ0) is 6.15. The summed E-state index contributed by atoms with van der Waals surface area (Å²) in [4.78, 5) is 0. The Morgan fingerprint density at radius 3 is 2.25 bits per heavy atom. The highest BCUT2D eigenvalue weighted by Gasteiger charge is 2.00. The molecule has 1 aromatic heterocycles. The summed E-state index contributed by atoms with van der Waals surface area (Å²) in [7, 11) is 0. The van der Waals surface area contributed by atoms with Crippen LogP contribution in [0.15, 0.2) is 0 Å². The van der Waals surface area contributed by atoms with Crippen LogP contribution in [0.3, 0.4) is 0 Å². The number of nitrogens with one attached hydrogen (secondary N) is 1. The van der Waals surface area contributed by atoms with Crippen LogP contribution in [0.1, 0.15) is 0 Å². The Kier molecular flexibility index (Phi) is 1.02. The van der Waals surface area contributed by atoms with Crippen molar-refractivity contribution in [2.24, 2.45) is 0 Å². The first kappa shape index (κ1) is 5.24. The third-order valence-corrected chi connectivity index (χ3v) is 1.08. The van der Waals surface area contributed by atoms with Crippen LogP contribution in [0.2, 0.25) is 5.15 Å². The van der Waals surface area contributed by atoms with E-state index in [0.29, 0.717) is 10.8 Å². The predicted molar refractivity (Wildman–Crippen MR) is 32.4 cm³/mol. The van der Waals surface area contributed by atoms with E-state index in [1.807, 2.05) is 0 Å². The average molecular weight is 133 g/mol. The third kappa shape index (κ3) is 0.586. The van der Waals surface area contributed by atoms with Crippen molar-refractivity contribution < 1.29 is 0 Å². The molecule has 5 heteroatoms.